The van der Waals surface area contributed by atoms with E-state index in [0.29, 0.717) is 0 Å². The molecule has 0 saturated carbocycles. The van der Waals surface area contributed by atoms with Crippen molar-refractivity contribution >= 4 is 5.65 Å². The summed E-state index contributed by atoms with van der Waals surface area (Å²) in [6.07, 6.45) is 6.33. The van der Waals surface area contributed by atoms with Crippen molar-refractivity contribution in [3.8, 4) is 0 Å². The highest BCUT2D eigenvalue weighted by Crippen LogP contribution is 2.29. The van der Waals surface area contributed by atoms with E-state index in [1.807, 2.05) is 24.4 Å². The maximum atomic E-state index is 6.36. The quantitative estimate of drug-likeness (QED) is 0.916. The van der Waals surface area contributed by atoms with Gasteiger partial charge in [0, 0.05) is 32.1 Å². The van der Waals surface area contributed by atoms with E-state index < -0.39 is 0 Å². The van der Waals surface area contributed by atoms with Crippen LogP contribution in [-0.4, -0.2) is 47.1 Å². The molecule has 1 aliphatic heterocycles. The fourth-order valence-electron chi connectivity index (χ4n) is 3.06. The van der Waals surface area contributed by atoms with Gasteiger partial charge in [-0.1, -0.05) is 6.07 Å². The molecular formula is C15H22N4O. The van der Waals surface area contributed by atoms with Crippen molar-refractivity contribution < 1.29 is 4.74 Å². The van der Waals surface area contributed by atoms with E-state index in [1.165, 1.54) is 0 Å². The Morgan fingerprint density at radius 1 is 1.45 bits per heavy atom. The van der Waals surface area contributed by atoms with Crippen molar-refractivity contribution in [2.24, 2.45) is 5.73 Å². The number of pyridine rings is 1. The number of ether oxygens (including phenoxy) is 1. The van der Waals surface area contributed by atoms with Crippen LogP contribution in [0.25, 0.3) is 5.65 Å². The van der Waals surface area contributed by atoms with Gasteiger partial charge in [-0.2, -0.15) is 0 Å². The Morgan fingerprint density at radius 3 is 3.15 bits per heavy atom. The number of likely N-dealkylation sites (tertiary alicyclic amines) is 1. The molecule has 0 radical (unpaired) electrons. The molecule has 3 heterocycles. The Balaban J connectivity index is 1.90. The number of nitrogens with zero attached hydrogens (tertiary/aromatic N) is 3. The summed E-state index contributed by atoms with van der Waals surface area (Å²) in [6.45, 7) is 2.70. The van der Waals surface area contributed by atoms with Gasteiger partial charge in [0.15, 0.2) is 0 Å². The maximum absolute atomic E-state index is 6.36. The number of hydrogen-bond acceptors (Lipinski definition) is 4. The number of hydrogen-bond donors (Lipinski definition) is 1. The smallest absolute Gasteiger partial charge is 0.137 e. The third kappa shape index (κ3) is 2.57. The topological polar surface area (TPSA) is 55.8 Å². The van der Waals surface area contributed by atoms with Crippen molar-refractivity contribution in [3.63, 3.8) is 0 Å². The largest absolute Gasteiger partial charge is 0.383 e. The molecule has 0 bridgehead atoms. The van der Waals surface area contributed by atoms with Crippen molar-refractivity contribution in [2.45, 2.75) is 24.9 Å². The van der Waals surface area contributed by atoms with Crippen molar-refractivity contribution in [1.29, 1.82) is 0 Å². The first-order valence-electron chi connectivity index (χ1n) is 7.22. The van der Waals surface area contributed by atoms with Gasteiger partial charge < -0.3 is 14.9 Å². The molecular weight excluding hydrogens is 252 g/mol. The van der Waals surface area contributed by atoms with Gasteiger partial charge in [0.1, 0.15) is 5.65 Å². The summed E-state index contributed by atoms with van der Waals surface area (Å²) in [5.74, 6) is 0. The summed E-state index contributed by atoms with van der Waals surface area (Å²) in [6, 6.07) is 6.39. The van der Waals surface area contributed by atoms with Crippen LogP contribution in [0.1, 0.15) is 24.6 Å². The highest BCUT2D eigenvalue weighted by molar-refractivity contribution is 5.40. The molecule has 5 nitrogen and oxygen atoms in total. The van der Waals surface area contributed by atoms with Crippen LogP contribution in [0.15, 0.2) is 30.6 Å². The zero-order valence-corrected chi connectivity index (χ0v) is 11.9. The summed E-state index contributed by atoms with van der Waals surface area (Å²) in [5, 5.41) is 0. The van der Waals surface area contributed by atoms with E-state index in [9.17, 15) is 0 Å². The zero-order valence-electron chi connectivity index (χ0n) is 11.9. The second-order valence-electron chi connectivity index (χ2n) is 5.41. The number of rotatable bonds is 4. The summed E-state index contributed by atoms with van der Waals surface area (Å²) < 4.78 is 7.28. The minimum atomic E-state index is 0.144. The van der Waals surface area contributed by atoms with Gasteiger partial charge in [-0.25, -0.2) is 4.98 Å². The van der Waals surface area contributed by atoms with Gasteiger partial charge in [-0.05, 0) is 31.5 Å². The van der Waals surface area contributed by atoms with Gasteiger partial charge in [0.05, 0.1) is 18.3 Å². The predicted octanol–water partition coefficient (Wildman–Crippen LogP) is 1.44. The molecule has 2 unspecified atom stereocenters. The molecule has 2 aromatic heterocycles. The normalized spacial score (nSPS) is 24.3. The van der Waals surface area contributed by atoms with Crippen LogP contribution in [0, 0.1) is 0 Å². The lowest BCUT2D eigenvalue weighted by Crippen LogP contribution is -2.47. The van der Waals surface area contributed by atoms with Crippen molar-refractivity contribution in [3.05, 3.63) is 36.3 Å². The minimum absolute atomic E-state index is 0.144. The monoisotopic (exact) mass is 274 g/mol. The molecule has 5 heteroatoms. The van der Waals surface area contributed by atoms with E-state index in [4.69, 9.17) is 15.5 Å². The standard InChI is InChI=1S/C15H22N4O/c1-20-10-9-18-8-4-5-12(16)15(18)13-11-19-7-3-2-6-14(19)17-13/h2-3,6-7,11-12,15H,4-5,8-10,16H2,1H3. The summed E-state index contributed by atoms with van der Waals surface area (Å²) >= 11 is 0. The molecule has 1 saturated heterocycles. The number of methoxy groups -OCH3 is 1. The molecule has 2 atom stereocenters. The Labute approximate surface area is 119 Å². The molecule has 0 aromatic carbocycles. The zero-order chi connectivity index (χ0) is 13.9. The second kappa shape index (κ2) is 5.91. The lowest BCUT2D eigenvalue weighted by Gasteiger charge is -2.38. The fourth-order valence-corrected chi connectivity index (χ4v) is 3.06. The highest BCUT2D eigenvalue weighted by Gasteiger charge is 2.31. The summed E-state index contributed by atoms with van der Waals surface area (Å²) in [5.41, 5.74) is 8.41. The first-order valence-corrected chi connectivity index (χ1v) is 7.22. The van der Waals surface area contributed by atoms with E-state index in [0.717, 1.165) is 43.9 Å². The number of piperidine rings is 1. The molecule has 1 fully saturated rings. The average molecular weight is 274 g/mol. The van der Waals surface area contributed by atoms with Gasteiger partial charge in [-0.3, -0.25) is 4.90 Å². The van der Waals surface area contributed by atoms with Crippen LogP contribution in [0.2, 0.25) is 0 Å². The Bertz CT molecular complexity index is 535. The number of imidazole rings is 1. The van der Waals surface area contributed by atoms with Gasteiger partial charge in [-0.15, -0.1) is 0 Å². The average Bonchev–Trinajstić information content (AvgIpc) is 2.88. The molecule has 2 N–H and O–H groups in total. The first kappa shape index (κ1) is 13.5. The third-order valence-corrected chi connectivity index (χ3v) is 4.05. The highest BCUT2D eigenvalue weighted by atomic mass is 16.5. The molecule has 0 spiro atoms. The lowest BCUT2D eigenvalue weighted by molar-refractivity contribution is 0.0831. The van der Waals surface area contributed by atoms with Crippen molar-refractivity contribution in [1.82, 2.24) is 14.3 Å². The third-order valence-electron chi connectivity index (χ3n) is 4.05. The molecule has 0 aliphatic carbocycles. The second-order valence-corrected chi connectivity index (χ2v) is 5.41. The van der Waals surface area contributed by atoms with Crippen LogP contribution in [0.4, 0.5) is 0 Å². The molecule has 20 heavy (non-hydrogen) atoms. The van der Waals surface area contributed by atoms with Crippen molar-refractivity contribution in [2.75, 3.05) is 26.8 Å². The predicted molar refractivity (Wildman–Crippen MR) is 78.6 cm³/mol. The Morgan fingerprint density at radius 2 is 2.35 bits per heavy atom. The minimum Gasteiger partial charge on any atom is -0.383 e. The number of nitrogens with two attached hydrogens (primary N) is 1. The van der Waals surface area contributed by atoms with E-state index >= 15 is 0 Å². The number of aromatic nitrogens is 2. The van der Waals surface area contributed by atoms with Crippen LogP contribution >= 0.6 is 0 Å². The molecule has 2 aromatic rings. The Hall–Kier alpha value is -1.43. The maximum Gasteiger partial charge on any atom is 0.137 e. The molecule has 108 valence electrons. The van der Waals surface area contributed by atoms with Gasteiger partial charge in [0.2, 0.25) is 0 Å². The van der Waals surface area contributed by atoms with Crippen LogP contribution < -0.4 is 5.73 Å². The van der Waals surface area contributed by atoms with E-state index in [1.54, 1.807) is 7.11 Å². The molecule has 0 amide bonds. The van der Waals surface area contributed by atoms with Crippen LogP contribution in [0.5, 0.6) is 0 Å². The molecule has 3 rings (SSSR count). The summed E-state index contributed by atoms with van der Waals surface area (Å²) in [4.78, 5) is 7.15. The summed E-state index contributed by atoms with van der Waals surface area (Å²) in [7, 11) is 1.74. The first-order chi connectivity index (χ1) is 9.79. The van der Waals surface area contributed by atoms with Gasteiger partial charge >= 0.3 is 0 Å². The van der Waals surface area contributed by atoms with E-state index in [2.05, 4.69) is 15.5 Å². The van der Waals surface area contributed by atoms with E-state index in [-0.39, 0.29) is 12.1 Å². The number of fused-ring (bicyclic) bond motifs is 1. The molecule has 1 aliphatic rings. The Kier molecular flexibility index (Phi) is 4.00. The van der Waals surface area contributed by atoms with Crippen LogP contribution in [-0.2, 0) is 4.74 Å². The van der Waals surface area contributed by atoms with Gasteiger partial charge in [0.25, 0.3) is 0 Å². The fraction of sp³-hybridized carbons (Fsp3) is 0.533. The SMILES string of the molecule is COCCN1CCCC(N)C1c1cn2ccccc2n1. The van der Waals surface area contributed by atoms with Crippen LogP contribution in [0.3, 0.4) is 0 Å². The lowest BCUT2D eigenvalue weighted by atomic mass is 9.95.